The molecule has 0 aliphatic carbocycles. The van der Waals surface area contributed by atoms with Crippen LogP contribution in [0.4, 0.5) is 0 Å². The Labute approximate surface area is 499 Å². The molecule has 0 aromatic carbocycles. The number of carbonyl (C=O) groups is 5. The maximum atomic E-state index is 10.8. The second-order valence-corrected chi connectivity index (χ2v) is 18.6. The quantitative estimate of drug-likeness (QED) is 0.0407. The van der Waals surface area contributed by atoms with E-state index < -0.39 is 60.6 Å². The first-order chi connectivity index (χ1) is 27.5. The molecule has 1 aliphatic rings. The summed E-state index contributed by atoms with van der Waals surface area (Å²) in [6.45, 7) is 1.64. The molecule has 16 nitrogen and oxygen atoms in total. The van der Waals surface area contributed by atoms with Gasteiger partial charge in [-0.05, 0) is 122 Å². The van der Waals surface area contributed by atoms with E-state index in [1.807, 2.05) is 0 Å². The van der Waals surface area contributed by atoms with Gasteiger partial charge in [-0.3, -0.25) is 0 Å². The van der Waals surface area contributed by atoms with Crippen molar-refractivity contribution in [2.75, 3.05) is 97.2 Å². The first-order valence-corrected chi connectivity index (χ1v) is 24.9. The molecule has 1 fully saturated rings. The minimum atomic E-state index is -1.11. The van der Waals surface area contributed by atoms with Crippen LogP contribution in [0.15, 0.2) is 0 Å². The average molecular weight is 1020 g/mol. The van der Waals surface area contributed by atoms with Crippen molar-refractivity contribution in [2.24, 2.45) is 0 Å². The molecule has 0 aromatic rings. The van der Waals surface area contributed by atoms with E-state index in [4.69, 9.17) is 28.4 Å². The normalized spacial score (nSPS) is 17.8. The van der Waals surface area contributed by atoms with Crippen molar-refractivity contribution in [1.29, 1.82) is 0 Å². The summed E-state index contributed by atoms with van der Waals surface area (Å²) in [5.41, 5.74) is 0. The molecule has 5 atom stereocenters. The summed E-state index contributed by atoms with van der Waals surface area (Å²) in [6.07, 6.45) is -0.854. The van der Waals surface area contributed by atoms with E-state index in [9.17, 15) is 49.5 Å². The van der Waals surface area contributed by atoms with Gasteiger partial charge in [0.1, 0.15) is 24.4 Å². The van der Waals surface area contributed by atoms with Gasteiger partial charge in [-0.1, -0.05) is 0 Å². The van der Waals surface area contributed by atoms with Gasteiger partial charge in [0.05, 0.1) is 13.2 Å². The molecular formula is C36H57Na5O16S5. The molecule has 5 unspecified atom stereocenters. The Kier molecular flexibility index (Phi) is 63.6. The predicted octanol–water partition coefficient (Wildman–Crippen LogP) is -16.8. The molecule has 62 heavy (non-hydrogen) atoms. The van der Waals surface area contributed by atoms with Crippen molar-refractivity contribution >= 4 is 88.7 Å². The molecule has 0 saturated carbocycles. The minimum absolute atomic E-state index is 0. The van der Waals surface area contributed by atoms with Gasteiger partial charge >= 0.3 is 148 Å². The van der Waals surface area contributed by atoms with Crippen molar-refractivity contribution in [3.05, 3.63) is 0 Å². The molecule has 26 heteroatoms. The van der Waals surface area contributed by atoms with Crippen molar-refractivity contribution in [1.82, 2.24) is 0 Å². The Balaban J connectivity index is -0.00000217. The Morgan fingerprint density at radius 2 is 0.677 bits per heavy atom. The van der Waals surface area contributed by atoms with E-state index in [2.05, 4.69) is 0 Å². The SMILES string of the molecule is O=C([O-])CCSCCCOCC1OC(OCCCSCCC(=O)[O-])C(OCCCSCCC(=O)[O-])C(OCCCSCCC(=O)[O-])C1OCCCSCCC(=O)[O-].[Na+].[Na+].[Na+].[Na+].[Na+]. The third-order valence-corrected chi connectivity index (χ3v) is 13.0. The number of ether oxygens (including phenoxy) is 6. The van der Waals surface area contributed by atoms with Crippen molar-refractivity contribution in [3.8, 4) is 0 Å². The van der Waals surface area contributed by atoms with Crippen molar-refractivity contribution < 1.29 is 226 Å². The predicted molar refractivity (Wildman–Crippen MR) is 212 cm³/mol. The van der Waals surface area contributed by atoms with Crippen LogP contribution in [0, 0.1) is 0 Å². The number of carbonyl (C=O) groups excluding carboxylic acids is 5. The Morgan fingerprint density at radius 1 is 0.387 bits per heavy atom. The molecule has 0 amide bonds. The standard InChI is InChI=1S/C36H62O16S5.5Na/c37-28(38)6-21-53-16-1-11-47-26-27-33(48-12-2-17-54-22-7-29(39)40)34(49-13-3-18-55-23-8-30(41)42)35(50-14-4-19-56-24-9-31(43)44)36(52-27)51-15-5-20-57-25-10-32(45)46;;;;;/h27,33-36H,1-26H2,(H,37,38)(H,39,40)(H,41,42)(H,43,44)(H,45,46);;;;;/q;5*+1/p-5. The fraction of sp³-hybridized carbons (Fsp3) is 0.861. The number of hydrogen-bond donors (Lipinski definition) is 0. The Morgan fingerprint density at radius 3 is 1.02 bits per heavy atom. The van der Waals surface area contributed by atoms with Gasteiger partial charge in [-0.25, -0.2) is 0 Å². The van der Waals surface area contributed by atoms with Crippen molar-refractivity contribution in [2.45, 2.75) is 94.9 Å². The van der Waals surface area contributed by atoms with Crippen LogP contribution < -0.4 is 173 Å². The molecular weight excluding hydrogens is 964 g/mol. The summed E-state index contributed by atoms with van der Waals surface area (Å²) in [7, 11) is 0. The van der Waals surface area contributed by atoms with Gasteiger partial charge < -0.3 is 77.9 Å². The molecule has 332 valence electrons. The molecule has 1 rings (SSSR count). The molecule has 1 aliphatic heterocycles. The number of thioether (sulfide) groups is 5. The van der Waals surface area contributed by atoms with Crippen LogP contribution in [-0.2, 0) is 52.4 Å². The van der Waals surface area contributed by atoms with Crippen LogP contribution in [-0.4, -0.2) is 158 Å². The Bertz CT molecular complexity index is 1120. The van der Waals surface area contributed by atoms with Crippen LogP contribution in [0.1, 0.15) is 64.2 Å². The third kappa shape index (κ3) is 45.0. The number of carboxylic acid groups (broad SMARTS) is 5. The zero-order valence-corrected chi connectivity index (χ0v) is 51.4. The molecule has 0 spiro atoms. The maximum Gasteiger partial charge on any atom is 1.00 e. The fourth-order valence-electron chi connectivity index (χ4n) is 4.97. The zero-order valence-electron chi connectivity index (χ0n) is 37.3. The summed E-state index contributed by atoms with van der Waals surface area (Å²) < 4.78 is 38.3. The first kappa shape index (κ1) is 74.8. The number of rotatable bonds is 41. The topological polar surface area (TPSA) is 256 Å². The number of aliphatic carboxylic acids is 5. The average Bonchev–Trinajstić information content (AvgIpc) is 3.14. The second kappa shape index (κ2) is 52.7. The summed E-state index contributed by atoms with van der Waals surface area (Å²) in [6, 6.07) is 0. The van der Waals surface area contributed by atoms with E-state index in [1.54, 1.807) is 0 Å². The van der Waals surface area contributed by atoms with E-state index >= 15 is 0 Å². The molecule has 1 saturated heterocycles. The van der Waals surface area contributed by atoms with Gasteiger partial charge in [-0.15, -0.1) is 0 Å². The molecule has 0 bridgehead atoms. The largest absolute Gasteiger partial charge is 1.00 e. The van der Waals surface area contributed by atoms with Gasteiger partial charge in [-0.2, -0.15) is 58.8 Å². The summed E-state index contributed by atoms with van der Waals surface area (Å²) in [5.74, 6) is -0.172. The smallest absolute Gasteiger partial charge is 0.550 e. The van der Waals surface area contributed by atoms with Crippen LogP contribution in [0.25, 0.3) is 0 Å². The van der Waals surface area contributed by atoms with Crippen LogP contribution in [0.5, 0.6) is 0 Å². The van der Waals surface area contributed by atoms with E-state index in [0.29, 0.717) is 109 Å². The monoisotopic (exact) mass is 1020 g/mol. The van der Waals surface area contributed by atoms with Crippen LogP contribution in [0.2, 0.25) is 0 Å². The van der Waals surface area contributed by atoms with Gasteiger partial charge in [0.25, 0.3) is 0 Å². The maximum absolute atomic E-state index is 10.8. The van der Waals surface area contributed by atoms with Gasteiger partial charge in [0.2, 0.25) is 0 Å². The van der Waals surface area contributed by atoms with Crippen molar-refractivity contribution in [3.63, 3.8) is 0 Å². The summed E-state index contributed by atoms with van der Waals surface area (Å²) in [4.78, 5) is 53.9. The first-order valence-electron chi connectivity index (χ1n) is 19.1. The van der Waals surface area contributed by atoms with E-state index in [0.717, 1.165) is 0 Å². The molecule has 1 heterocycles. The summed E-state index contributed by atoms with van der Waals surface area (Å²) >= 11 is 7.38. The Hall–Kier alpha value is 3.86. The second-order valence-electron chi connectivity index (χ2n) is 12.4. The minimum Gasteiger partial charge on any atom is -0.550 e. The number of carboxylic acids is 5. The zero-order chi connectivity index (χ0) is 41.9. The number of hydrogen-bond acceptors (Lipinski definition) is 21. The van der Waals surface area contributed by atoms with Crippen LogP contribution in [0.3, 0.4) is 0 Å². The van der Waals surface area contributed by atoms with Crippen LogP contribution >= 0.6 is 58.8 Å². The third-order valence-electron chi connectivity index (χ3n) is 7.65. The fourth-order valence-corrected chi connectivity index (χ4v) is 9.15. The van der Waals surface area contributed by atoms with Gasteiger partial charge in [0, 0.05) is 56.3 Å². The molecule has 0 aromatic heterocycles. The summed E-state index contributed by atoms with van der Waals surface area (Å²) in [5, 5.41) is 53.9. The molecule has 0 radical (unpaired) electrons. The van der Waals surface area contributed by atoms with E-state index in [1.165, 1.54) is 58.8 Å². The van der Waals surface area contributed by atoms with Gasteiger partial charge in [0.15, 0.2) is 6.29 Å². The van der Waals surface area contributed by atoms with E-state index in [-0.39, 0.29) is 200 Å². The molecule has 0 N–H and O–H groups in total.